The van der Waals surface area contributed by atoms with Crippen LogP contribution in [0.15, 0.2) is 0 Å². The van der Waals surface area contributed by atoms with Gasteiger partial charge >= 0.3 is 11.9 Å². The highest BCUT2D eigenvalue weighted by atomic mass is 32.2. The molecule has 0 bridgehead atoms. The Morgan fingerprint density at radius 3 is 1.18 bits per heavy atom. The van der Waals surface area contributed by atoms with E-state index in [0.29, 0.717) is 12.8 Å². The maximum atomic E-state index is 12.9. The zero-order chi connectivity index (χ0) is 45.5. The lowest BCUT2D eigenvalue weighted by atomic mass is 10.00. The van der Waals surface area contributed by atoms with Crippen LogP contribution in [0.3, 0.4) is 0 Å². The van der Waals surface area contributed by atoms with Crippen LogP contribution >= 0.6 is 0 Å². The van der Waals surface area contributed by atoms with Crippen molar-refractivity contribution in [2.45, 2.75) is 282 Å². The largest absolute Gasteiger partial charge is 0.462 e. The summed E-state index contributed by atoms with van der Waals surface area (Å²) in [7, 11) is -4.60. The van der Waals surface area contributed by atoms with E-state index in [0.717, 1.165) is 38.5 Å². The van der Waals surface area contributed by atoms with Gasteiger partial charge in [-0.05, 0) is 12.8 Å². The minimum atomic E-state index is -4.60. The van der Waals surface area contributed by atoms with Crippen molar-refractivity contribution in [1.29, 1.82) is 0 Å². The molecule has 0 aromatic rings. The van der Waals surface area contributed by atoms with Gasteiger partial charge in [0.25, 0.3) is 10.1 Å². The summed E-state index contributed by atoms with van der Waals surface area (Å²) in [4.78, 5) is 25.5. The van der Waals surface area contributed by atoms with Gasteiger partial charge in [0.15, 0.2) is 12.4 Å². The Kier molecular flexibility index (Phi) is 37.8. The molecule has 6 unspecified atom stereocenters. The van der Waals surface area contributed by atoms with Gasteiger partial charge in [-0.1, -0.05) is 219 Å². The molecule has 0 spiro atoms. The lowest BCUT2D eigenvalue weighted by Crippen LogP contribution is -2.60. The van der Waals surface area contributed by atoms with Crippen LogP contribution in [-0.2, 0) is 38.7 Å². The van der Waals surface area contributed by atoms with Crippen LogP contribution in [0.2, 0.25) is 0 Å². The molecule has 62 heavy (non-hydrogen) atoms. The predicted octanol–water partition coefficient (Wildman–Crippen LogP) is 11.2. The molecule has 1 fully saturated rings. The Hall–Kier alpha value is -1.35. The number of carbonyl (C=O) groups excluding carboxylic acids is 2. The molecule has 1 aliphatic rings. The third kappa shape index (κ3) is 34.1. The van der Waals surface area contributed by atoms with Crippen LogP contribution in [0, 0.1) is 0 Å². The molecule has 12 nitrogen and oxygen atoms in total. The van der Waals surface area contributed by atoms with E-state index in [-0.39, 0.29) is 19.4 Å². The van der Waals surface area contributed by atoms with Crippen LogP contribution < -0.4 is 0 Å². The SMILES string of the molecule is CCCCCCCCCCCCCCCCCCCCCCC(=O)OC(COC(=O)CCCCCCCCCCCCCCCC)COC1OC(CS(=O)(=O)O)C(O)C(O)C1O. The molecule has 368 valence electrons. The maximum Gasteiger partial charge on any atom is 0.306 e. The Bertz CT molecular complexity index is 1150. The average Bonchev–Trinajstić information content (AvgIpc) is 3.24. The molecule has 0 aromatic carbocycles. The molecular weight excluding hydrogens is 813 g/mol. The first-order valence-electron chi connectivity index (χ1n) is 25.6. The van der Waals surface area contributed by atoms with E-state index < -0.39 is 71.2 Å². The van der Waals surface area contributed by atoms with E-state index in [1.165, 1.54) is 167 Å². The summed E-state index contributed by atoms with van der Waals surface area (Å²) in [5, 5.41) is 30.9. The summed E-state index contributed by atoms with van der Waals surface area (Å²) in [6.45, 7) is 3.81. The molecule has 1 aliphatic heterocycles. The second-order valence-electron chi connectivity index (χ2n) is 18.2. The molecule has 1 rings (SSSR count). The first kappa shape index (κ1) is 58.7. The smallest absolute Gasteiger partial charge is 0.306 e. The number of unbranched alkanes of at least 4 members (excludes halogenated alkanes) is 32. The minimum absolute atomic E-state index is 0.173. The lowest BCUT2D eigenvalue weighted by Gasteiger charge is -2.40. The molecule has 0 amide bonds. The fourth-order valence-electron chi connectivity index (χ4n) is 8.21. The minimum Gasteiger partial charge on any atom is -0.462 e. The molecule has 0 radical (unpaired) electrons. The normalized spacial score (nSPS) is 19.7. The van der Waals surface area contributed by atoms with Gasteiger partial charge in [0, 0.05) is 12.8 Å². The van der Waals surface area contributed by atoms with Gasteiger partial charge in [-0.15, -0.1) is 0 Å². The van der Waals surface area contributed by atoms with Crippen molar-refractivity contribution in [2.75, 3.05) is 19.0 Å². The highest BCUT2D eigenvalue weighted by Crippen LogP contribution is 2.24. The number of ether oxygens (including phenoxy) is 4. The van der Waals surface area contributed by atoms with Crippen molar-refractivity contribution in [1.82, 2.24) is 0 Å². The summed E-state index contributed by atoms with van der Waals surface area (Å²) < 4.78 is 54.2. The topological polar surface area (TPSA) is 186 Å². The van der Waals surface area contributed by atoms with E-state index in [1.807, 2.05) is 0 Å². The lowest BCUT2D eigenvalue weighted by molar-refractivity contribution is -0.297. The fourth-order valence-corrected chi connectivity index (χ4v) is 8.90. The monoisotopic (exact) mass is 907 g/mol. The van der Waals surface area contributed by atoms with E-state index in [1.54, 1.807) is 0 Å². The standard InChI is InChI=1S/C49H94O12S/c1-3-5-7-9-11-13-15-17-19-20-21-22-23-24-26-28-30-32-34-36-38-45(51)60-42(40-59-49-48(54)47(53)46(52)43(61-49)41-62(55,56)57)39-58-44(50)37-35-33-31-29-27-25-18-16-14-12-10-8-6-4-2/h42-43,46-49,52-54H,3-41H2,1-2H3,(H,55,56,57). The third-order valence-corrected chi connectivity index (χ3v) is 12.9. The number of hydrogen-bond donors (Lipinski definition) is 4. The van der Waals surface area contributed by atoms with Crippen molar-refractivity contribution in [3.05, 3.63) is 0 Å². The van der Waals surface area contributed by atoms with Gasteiger partial charge in [0.1, 0.15) is 36.8 Å². The number of rotatable bonds is 44. The first-order chi connectivity index (χ1) is 30.0. The quantitative estimate of drug-likeness (QED) is 0.0258. The molecule has 6 atom stereocenters. The Morgan fingerprint density at radius 2 is 0.823 bits per heavy atom. The molecule has 4 N–H and O–H groups in total. The second kappa shape index (κ2) is 40.0. The van der Waals surface area contributed by atoms with E-state index in [4.69, 9.17) is 18.9 Å². The van der Waals surface area contributed by atoms with Crippen LogP contribution in [0.4, 0.5) is 0 Å². The van der Waals surface area contributed by atoms with Crippen molar-refractivity contribution in [3.8, 4) is 0 Å². The van der Waals surface area contributed by atoms with Crippen molar-refractivity contribution in [3.63, 3.8) is 0 Å². The molecule has 0 saturated carbocycles. The van der Waals surface area contributed by atoms with Crippen LogP contribution in [-0.4, -0.2) is 96.0 Å². The second-order valence-corrected chi connectivity index (χ2v) is 19.7. The molecule has 13 heteroatoms. The molecule has 0 aliphatic carbocycles. The maximum absolute atomic E-state index is 12.9. The van der Waals surface area contributed by atoms with E-state index in [9.17, 15) is 37.9 Å². The summed E-state index contributed by atoms with van der Waals surface area (Å²) in [5.41, 5.74) is 0. The fraction of sp³-hybridized carbons (Fsp3) is 0.959. The number of carbonyl (C=O) groups is 2. The van der Waals surface area contributed by atoms with Crippen LogP contribution in [0.5, 0.6) is 0 Å². The third-order valence-electron chi connectivity index (χ3n) is 12.2. The highest BCUT2D eigenvalue weighted by molar-refractivity contribution is 7.85. The molecular formula is C49H94O12S. The summed E-state index contributed by atoms with van der Waals surface area (Å²) >= 11 is 0. The van der Waals surface area contributed by atoms with Gasteiger partial charge in [0.2, 0.25) is 0 Å². The number of esters is 2. The van der Waals surface area contributed by atoms with E-state index in [2.05, 4.69) is 13.8 Å². The zero-order valence-corrected chi connectivity index (χ0v) is 40.3. The first-order valence-corrected chi connectivity index (χ1v) is 27.2. The van der Waals surface area contributed by atoms with Crippen molar-refractivity contribution in [2.24, 2.45) is 0 Å². The van der Waals surface area contributed by atoms with Gasteiger partial charge in [-0.25, -0.2) is 0 Å². The van der Waals surface area contributed by atoms with Gasteiger partial charge in [-0.2, -0.15) is 8.42 Å². The van der Waals surface area contributed by atoms with Crippen LogP contribution in [0.1, 0.15) is 245 Å². The number of aliphatic hydroxyl groups is 3. The molecule has 0 aromatic heterocycles. The zero-order valence-electron chi connectivity index (χ0n) is 39.5. The summed E-state index contributed by atoms with van der Waals surface area (Å²) in [5.74, 6) is -1.96. The predicted molar refractivity (Wildman–Crippen MR) is 247 cm³/mol. The Morgan fingerprint density at radius 1 is 0.484 bits per heavy atom. The Balaban J connectivity index is 2.35. The van der Waals surface area contributed by atoms with E-state index >= 15 is 0 Å². The van der Waals surface area contributed by atoms with Crippen molar-refractivity contribution < 1.29 is 56.8 Å². The highest BCUT2D eigenvalue weighted by Gasteiger charge is 2.46. The summed E-state index contributed by atoms with van der Waals surface area (Å²) in [6.07, 6.45) is 32.9. The van der Waals surface area contributed by atoms with Gasteiger partial charge in [0.05, 0.1) is 6.61 Å². The Labute approximate surface area is 378 Å². The molecule has 1 saturated heterocycles. The summed E-state index contributed by atoms with van der Waals surface area (Å²) in [6, 6.07) is 0. The average molecular weight is 907 g/mol. The van der Waals surface area contributed by atoms with Gasteiger partial charge < -0.3 is 34.3 Å². The van der Waals surface area contributed by atoms with Gasteiger partial charge in [-0.3, -0.25) is 14.1 Å². The van der Waals surface area contributed by atoms with Crippen LogP contribution in [0.25, 0.3) is 0 Å². The molecule has 1 heterocycles. The number of aliphatic hydroxyl groups excluding tert-OH is 3. The van der Waals surface area contributed by atoms with Crippen molar-refractivity contribution >= 4 is 22.1 Å². The number of hydrogen-bond acceptors (Lipinski definition) is 11.